The summed E-state index contributed by atoms with van der Waals surface area (Å²) in [7, 11) is 1.66. The van der Waals surface area contributed by atoms with E-state index >= 15 is 0 Å². The van der Waals surface area contributed by atoms with E-state index in [1.165, 1.54) is 0 Å². The quantitative estimate of drug-likeness (QED) is 0.715. The number of aromatic nitrogens is 1. The van der Waals surface area contributed by atoms with Crippen LogP contribution in [0.4, 0.5) is 0 Å². The zero-order valence-corrected chi connectivity index (χ0v) is 9.13. The minimum absolute atomic E-state index is 0.378. The number of hydrogen-bond donors (Lipinski definition) is 0. The molecule has 1 aromatic heterocycles. The van der Waals surface area contributed by atoms with Crippen molar-refractivity contribution in [2.24, 2.45) is 0 Å². The summed E-state index contributed by atoms with van der Waals surface area (Å²) in [5.74, 6) is 1.57. The molecule has 1 saturated carbocycles. The van der Waals surface area contributed by atoms with Crippen molar-refractivity contribution in [3.8, 4) is 11.5 Å². The van der Waals surface area contributed by atoms with Gasteiger partial charge in [-0.25, -0.2) is 0 Å². The fourth-order valence-corrected chi connectivity index (χ4v) is 1.74. The van der Waals surface area contributed by atoms with Crippen LogP contribution in [-0.4, -0.2) is 24.5 Å². The third kappa shape index (κ3) is 1.95. The number of pyridine rings is 1. The Bertz CT molecular complexity index is 326. The average Bonchev–Trinajstić information content (AvgIpc) is 3.01. The number of ether oxygens (including phenoxy) is 2. The molecule has 1 aliphatic carbocycles. The van der Waals surface area contributed by atoms with Gasteiger partial charge in [-0.3, -0.25) is 4.98 Å². The Labute approximate surface area is 87.8 Å². The highest BCUT2D eigenvalue weighted by molar-refractivity contribution is 7.98. The second kappa shape index (κ2) is 4.09. The van der Waals surface area contributed by atoms with Crippen LogP contribution in [0.2, 0.25) is 0 Å². The van der Waals surface area contributed by atoms with Crippen molar-refractivity contribution < 1.29 is 9.47 Å². The molecule has 1 heterocycles. The first kappa shape index (κ1) is 9.65. The molecule has 0 aromatic carbocycles. The zero-order valence-electron chi connectivity index (χ0n) is 8.32. The summed E-state index contributed by atoms with van der Waals surface area (Å²) in [6.07, 6.45) is 8.18. The van der Waals surface area contributed by atoms with E-state index in [4.69, 9.17) is 9.47 Å². The maximum atomic E-state index is 5.69. The molecule has 1 aromatic rings. The molecule has 3 nitrogen and oxygen atoms in total. The molecule has 1 fully saturated rings. The topological polar surface area (TPSA) is 31.4 Å². The number of nitrogens with zero attached hydrogens (tertiary/aromatic N) is 1. The Hall–Kier alpha value is -0.900. The van der Waals surface area contributed by atoms with Crippen LogP contribution in [-0.2, 0) is 0 Å². The van der Waals surface area contributed by atoms with E-state index in [1.807, 2.05) is 6.26 Å². The molecular formula is C10H13NO2S. The number of rotatable bonds is 4. The summed E-state index contributed by atoms with van der Waals surface area (Å²) in [4.78, 5) is 5.14. The fourth-order valence-electron chi connectivity index (χ4n) is 1.21. The van der Waals surface area contributed by atoms with Crippen molar-refractivity contribution >= 4 is 11.8 Å². The Morgan fingerprint density at radius 1 is 1.43 bits per heavy atom. The van der Waals surface area contributed by atoms with Gasteiger partial charge in [0.1, 0.15) is 0 Å². The van der Waals surface area contributed by atoms with Crippen LogP contribution < -0.4 is 9.47 Å². The highest BCUT2D eigenvalue weighted by atomic mass is 32.2. The van der Waals surface area contributed by atoms with E-state index in [9.17, 15) is 0 Å². The van der Waals surface area contributed by atoms with E-state index in [1.54, 1.807) is 31.3 Å². The van der Waals surface area contributed by atoms with Gasteiger partial charge in [0.25, 0.3) is 0 Å². The molecule has 76 valence electrons. The van der Waals surface area contributed by atoms with Gasteiger partial charge in [0.2, 0.25) is 0 Å². The van der Waals surface area contributed by atoms with Crippen molar-refractivity contribution in [1.82, 2.24) is 4.98 Å². The molecule has 0 amide bonds. The number of thioether (sulfide) groups is 1. The molecule has 0 saturated heterocycles. The smallest absolute Gasteiger partial charge is 0.181 e. The lowest BCUT2D eigenvalue weighted by Crippen LogP contribution is -2.00. The second-order valence-corrected chi connectivity index (χ2v) is 4.04. The third-order valence-corrected chi connectivity index (χ3v) is 2.80. The molecule has 4 heteroatoms. The van der Waals surface area contributed by atoms with Crippen LogP contribution in [0.1, 0.15) is 12.8 Å². The van der Waals surface area contributed by atoms with Gasteiger partial charge in [0, 0.05) is 6.20 Å². The fraction of sp³-hybridized carbons (Fsp3) is 0.500. The Morgan fingerprint density at radius 2 is 2.21 bits per heavy atom. The van der Waals surface area contributed by atoms with Gasteiger partial charge >= 0.3 is 0 Å². The lowest BCUT2D eigenvalue weighted by atomic mass is 10.4. The number of hydrogen-bond acceptors (Lipinski definition) is 4. The third-order valence-electron chi connectivity index (χ3n) is 2.07. The van der Waals surface area contributed by atoms with Crippen LogP contribution in [0.5, 0.6) is 11.5 Å². The van der Waals surface area contributed by atoms with Crippen molar-refractivity contribution in [1.29, 1.82) is 0 Å². The van der Waals surface area contributed by atoms with Crippen LogP contribution in [0.3, 0.4) is 0 Å². The minimum atomic E-state index is 0.378. The molecule has 14 heavy (non-hydrogen) atoms. The molecular weight excluding hydrogens is 198 g/mol. The SMILES string of the molecule is COc1c(OC2CC2)cncc1SC. The molecule has 1 aliphatic rings. The van der Waals surface area contributed by atoms with Crippen LogP contribution in [0.25, 0.3) is 0 Å². The molecule has 2 rings (SSSR count). The van der Waals surface area contributed by atoms with Gasteiger partial charge in [-0.1, -0.05) is 0 Å². The molecule has 0 N–H and O–H groups in total. The monoisotopic (exact) mass is 211 g/mol. The van der Waals surface area contributed by atoms with Crippen LogP contribution in [0.15, 0.2) is 17.3 Å². The normalized spacial score (nSPS) is 15.3. The molecule has 0 aliphatic heterocycles. The van der Waals surface area contributed by atoms with Gasteiger partial charge in [0.05, 0.1) is 24.3 Å². The van der Waals surface area contributed by atoms with E-state index in [-0.39, 0.29) is 0 Å². The molecule has 0 atom stereocenters. The molecule has 0 bridgehead atoms. The van der Waals surface area contributed by atoms with Crippen molar-refractivity contribution in [3.63, 3.8) is 0 Å². The maximum absolute atomic E-state index is 5.69. The first-order chi connectivity index (χ1) is 6.85. The predicted octanol–water partition coefficient (Wildman–Crippen LogP) is 2.35. The van der Waals surface area contributed by atoms with E-state index in [2.05, 4.69) is 4.98 Å². The standard InChI is InChI=1S/C10H13NO2S/c1-12-10-8(13-7-3-4-7)5-11-6-9(10)14-2/h5-7H,3-4H2,1-2H3. The van der Waals surface area contributed by atoms with Gasteiger partial charge in [0.15, 0.2) is 11.5 Å². The van der Waals surface area contributed by atoms with E-state index in [0.717, 1.165) is 29.2 Å². The Balaban J connectivity index is 2.26. The summed E-state index contributed by atoms with van der Waals surface area (Å²) < 4.78 is 11.0. The van der Waals surface area contributed by atoms with Crippen LogP contribution in [0, 0.1) is 0 Å². The first-order valence-corrected chi connectivity index (χ1v) is 5.80. The average molecular weight is 211 g/mol. The second-order valence-electron chi connectivity index (χ2n) is 3.19. The van der Waals surface area contributed by atoms with Gasteiger partial charge in [-0.2, -0.15) is 0 Å². The summed E-state index contributed by atoms with van der Waals surface area (Å²) in [6, 6.07) is 0. The molecule has 0 spiro atoms. The largest absolute Gasteiger partial charge is 0.492 e. The summed E-state index contributed by atoms with van der Waals surface area (Å²) >= 11 is 1.61. The van der Waals surface area contributed by atoms with Crippen molar-refractivity contribution in [2.45, 2.75) is 23.8 Å². The zero-order chi connectivity index (χ0) is 9.97. The Kier molecular flexibility index (Phi) is 2.82. The molecule has 0 radical (unpaired) electrons. The van der Waals surface area contributed by atoms with Crippen molar-refractivity contribution in [2.75, 3.05) is 13.4 Å². The highest BCUT2D eigenvalue weighted by Gasteiger charge is 2.25. The summed E-state index contributed by atoms with van der Waals surface area (Å²) in [5, 5.41) is 0. The van der Waals surface area contributed by atoms with Gasteiger partial charge < -0.3 is 9.47 Å². The lowest BCUT2D eigenvalue weighted by molar-refractivity contribution is 0.277. The summed E-state index contributed by atoms with van der Waals surface area (Å²) in [5.41, 5.74) is 0. The van der Waals surface area contributed by atoms with Crippen LogP contribution >= 0.6 is 11.8 Å². The van der Waals surface area contributed by atoms with E-state index in [0.29, 0.717) is 6.10 Å². The first-order valence-electron chi connectivity index (χ1n) is 4.57. The lowest BCUT2D eigenvalue weighted by Gasteiger charge is -2.11. The molecule has 0 unspecified atom stereocenters. The maximum Gasteiger partial charge on any atom is 0.181 e. The number of methoxy groups -OCH3 is 1. The van der Waals surface area contributed by atoms with Crippen molar-refractivity contribution in [3.05, 3.63) is 12.4 Å². The summed E-state index contributed by atoms with van der Waals surface area (Å²) in [6.45, 7) is 0. The minimum Gasteiger partial charge on any atom is -0.492 e. The predicted molar refractivity (Wildman–Crippen MR) is 56.2 cm³/mol. The van der Waals surface area contributed by atoms with Gasteiger partial charge in [-0.05, 0) is 19.1 Å². The highest BCUT2D eigenvalue weighted by Crippen LogP contribution is 2.38. The van der Waals surface area contributed by atoms with Gasteiger partial charge in [-0.15, -0.1) is 11.8 Å². The van der Waals surface area contributed by atoms with E-state index < -0.39 is 0 Å². The Morgan fingerprint density at radius 3 is 2.79 bits per heavy atom.